The van der Waals surface area contributed by atoms with Gasteiger partial charge in [0, 0.05) is 38.0 Å². The summed E-state index contributed by atoms with van der Waals surface area (Å²) in [6.07, 6.45) is 0. The second-order valence-electron chi connectivity index (χ2n) is 8.77. The van der Waals surface area contributed by atoms with Crippen molar-refractivity contribution < 1.29 is 4.79 Å². The van der Waals surface area contributed by atoms with Gasteiger partial charge in [-0.1, -0.05) is 84.4 Å². The van der Waals surface area contributed by atoms with Crippen molar-refractivity contribution in [2.24, 2.45) is 4.99 Å². The van der Waals surface area contributed by atoms with Gasteiger partial charge in [0.1, 0.15) is 0 Å². The fourth-order valence-corrected chi connectivity index (χ4v) is 5.23. The number of hydrogen-bond acceptors (Lipinski definition) is 3. The van der Waals surface area contributed by atoms with E-state index >= 15 is 0 Å². The van der Waals surface area contributed by atoms with E-state index < -0.39 is 0 Å². The molecule has 1 atom stereocenters. The van der Waals surface area contributed by atoms with Crippen LogP contribution in [0.15, 0.2) is 106 Å². The summed E-state index contributed by atoms with van der Waals surface area (Å²) in [5.74, 6) is 0.130. The molecule has 4 aromatic rings. The Morgan fingerprint density at radius 1 is 0.943 bits per heavy atom. The van der Waals surface area contributed by atoms with Crippen LogP contribution in [-0.4, -0.2) is 18.2 Å². The summed E-state index contributed by atoms with van der Waals surface area (Å²) in [7, 11) is 0. The SMILES string of the molecule is Cc1ccc2c(c1)C(c1ccc(Cl)cc1)=Nc1cc(C(=O)NCC(C)c3ccccc3)ccc1S2. The molecule has 1 N–H and O–H groups in total. The summed E-state index contributed by atoms with van der Waals surface area (Å²) >= 11 is 7.82. The van der Waals surface area contributed by atoms with Crippen LogP contribution in [0.1, 0.15) is 45.5 Å². The minimum Gasteiger partial charge on any atom is -0.351 e. The van der Waals surface area contributed by atoms with E-state index in [1.54, 1.807) is 11.8 Å². The number of benzene rings is 4. The van der Waals surface area contributed by atoms with Gasteiger partial charge in [-0.05, 0) is 60.9 Å². The van der Waals surface area contributed by atoms with Gasteiger partial charge in [0.05, 0.1) is 11.4 Å². The number of aliphatic imine (C=N–C) groups is 1. The number of fused-ring (bicyclic) bond motifs is 2. The second-order valence-corrected chi connectivity index (χ2v) is 10.3. The van der Waals surface area contributed by atoms with Crippen molar-refractivity contribution in [3.8, 4) is 0 Å². The lowest BCUT2D eigenvalue weighted by atomic mass is 10.00. The number of carbonyl (C=O) groups is 1. The van der Waals surface area contributed by atoms with Crippen LogP contribution >= 0.6 is 23.4 Å². The highest BCUT2D eigenvalue weighted by Gasteiger charge is 2.20. The molecule has 0 fully saturated rings. The number of hydrogen-bond donors (Lipinski definition) is 1. The fraction of sp³-hybridized carbons (Fsp3) is 0.133. The minimum absolute atomic E-state index is 0.0959. The molecule has 0 bridgehead atoms. The monoisotopic (exact) mass is 496 g/mol. The van der Waals surface area contributed by atoms with Crippen LogP contribution in [0.2, 0.25) is 5.02 Å². The van der Waals surface area contributed by atoms with E-state index in [0.717, 1.165) is 32.3 Å². The van der Waals surface area contributed by atoms with Crippen LogP contribution in [0, 0.1) is 6.92 Å². The third kappa shape index (κ3) is 5.19. The van der Waals surface area contributed by atoms with E-state index in [9.17, 15) is 4.79 Å². The van der Waals surface area contributed by atoms with Crippen molar-refractivity contribution >= 4 is 40.7 Å². The smallest absolute Gasteiger partial charge is 0.251 e. The number of amides is 1. The van der Waals surface area contributed by atoms with Gasteiger partial charge in [0.2, 0.25) is 0 Å². The minimum atomic E-state index is -0.0959. The Bertz CT molecular complexity index is 1410. The fourth-order valence-electron chi connectivity index (χ4n) is 4.12. The quantitative estimate of drug-likeness (QED) is 0.269. The highest BCUT2D eigenvalue weighted by molar-refractivity contribution is 7.99. The molecule has 1 aliphatic rings. The van der Waals surface area contributed by atoms with E-state index in [4.69, 9.17) is 16.6 Å². The Morgan fingerprint density at radius 2 is 1.69 bits per heavy atom. The van der Waals surface area contributed by atoms with Gasteiger partial charge < -0.3 is 5.32 Å². The molecular formula is C30H25ClN2OS. The lowest BCUT2D eigenvalue weighted by Gasteiger charge is -2.13. The topological polar surface area (TPSA) is 41.5 Å². The lowest BCUT2D eigenvalue weighted by Crippen LogP contribution is -2.27. The van der Waals surface area contributed by atoms with Crippen LogP contribution in [0.3, 0.4) is 0 Å². The summed E-state index contributed by atoms with van der Waals surface area (Å²) in [5.41, 5.74) is 6.71. The zero-order valence-corrected chi connectivity index (χ0v) is 21.2. The van der Waals surface area contributed by atoms with Crippen molar-refractivity contribution in [2.75, 3.05) is 6.54 Å². The van der Waals surface area contributed by atoms with Crippen LogP contribution in [0.4, 0.5) is 5.69 Å². The van der Waals surface area contributed by atoms with Gasteiger partial charge in [-0.25, -0.2) is 4.99 Å². The lowest BCUT2D eigenvalue weighted by molar-refractivity contribution is 0.0951. The van der Waals surface area contributed by atoms with E-state index in [0.29, 0.717) is 17.1 Å². The molecule has 0 aliphatic carbocycles. The van der Waals surface area contributed by atoms with E-state index in [1.165, 1.54) is 11.1 Å². The van der Waals surface area contributed by atoms with Crippen molar-refractivity contribution in [3.05, 3.63) is 124 Å². The van der Waals surface area contributed by atoms with E-state index in [2.05, 4.69) is 49.5 Å². The van der Waals surface area contributed by atoms with Gasteiger partial charge in [0.25, 0.3) is 5.91 Å². The third-order valence-corrected chi connectivity index (χ3v) is 7.51. The van der Waals surface area contributed by atoms with Crippen molar-refractivity contribution in [2.45, 2.75) is 29.6 Å². The largest absolute Gasteiger partial charge is 0.351 e. The molecule has 5 heteroatoms. The second kappa shape index (κ2) is 10.1. The zero-order chi connectivity index (χ0) is 24.4. The first-order chi connectivity index (χ1) is 17.0. The predicted octanol–water partition coefficient (Wildman–Crippen LogP) is 7.82. The van der Waals surface area contributed by atoms with Crippen molar-refractivity contribution in [3.63, 3.8) is 0 Å². The molecule has 0 aromatic heterocycles. The molecule has 0 spiro atoms. The summed E-state index contributed by atoms with van der Waals surface area (Å²) in [6, 6.07) is 30.1. The van der Waals surface area contributed by atoms with Gasteiger partial charge in [-0.15, -0.1) is 0 Å². The summed E-state index contributed by atoms with van der Waals surface area (Å²) in [5, 5.41) is 3.77. The van der Waals surface area contributed by atoms with Crippen LogP contribution in [0.5, 0.6) is 0 Å². The van der Waals surface area contributed by atoms with Crippen LogP contribution < -0.4 is 5.32 Å². The molecule has 0 saturated heterocycles. The van der Waals surface area contributed by atoms with Crippen molar-refractivity contribution in [1.82, 2.24) is 5.32 Å². The molecule has 3 nitrogen and oxygen atoms in total. The molecule has 4 aromatic carbocycles. The van der Waals surface area contributed by atoms with Gasteiger partial charge in [-0.2, -0.15) is 0 Å². The Hall–Kier alpha value is -3.34. The van der Waals surface area contributed by atoms with Gasteiger partial charge in [0.15, 0.2) is 0 Å². The first-order valence-corrected chi connectivity index (χ1v) is 12.8. The Morgan fingerprint density at radius 3 is 2.46 bits per heavy atom. The molecule has 1 amide bonds. The average Bonchev–Trinajstić information content (AvgIpc) is 3.04. The summed E-state index contributed by atoms with van der Waals surface area (Å²) < 4.78 is 0. The maximum absolute atomic E-state index is 13.0. The Labute approximate surface area is 215 Å². The molecule has 35 heavy (non-hydrogen) atoms. The number of rotatable bonds is 5. The highest BCUT2D eigenvalue weighted by Crippen LogP contribution is 2.42. The molecule has 1 unspecified atom stereocenters. The van der Waals surface area contributed by atoms with E-state index in [1.807, 2.05) is 60.7 Å². The number of halogens is 1. The highest BCUT2D eigenvalue weighted by atomic mass is 35.5. The standard InChI is InChI=1S/C30H25ClN2OS/c1-19-8-14-27-25(16-19)29(22-9-12-24(31)13-10-22)33-26-17-23(11-15-28(26)35-27)30(34)32-18-20(2)21-6-4-3-5-7-21/h3-17,20H,18H2,1-2H3,(H,32,34). The Balaban J connectivity index is 1.47. The summed E-state index contributed by atoms with van der Waals surface area (Å²) in [6.45, 7) is 4.77. The number of aryl methyl sites for hydroxylation is 1. The molecule has 0 radical (unpaired) electrons. The average molecular weight is 497 g/mol. The number of nitrogens with one attached hydrogen (secondary N) is 1. The summed E-state index contributed by atoms with van der Waals surface area (Å²) in [4.78, 5) is 20.3. The normalized spacial score (nSPS) is 13.2. The zero-order valence-electron chi connectivity index (χ0n) is 19.6. The molecule has 1 heterocycles. The number of carbonyl (C=O) groups excluding carboxylic acids is 1. The molecule has 174 valence electrons. The maximum atomic E-state index is 13.0. The molecule has 0 saturated carbocycles. The van der Waals surface area contributed by atoms with Crippen LogP contribution in [-0.2, 0) is 0 Å². The van der Waals surface area contributed by atoms with Crippen molar-refractivity contribution in [1.29, 1.82) is 0 Å². The van der Waals surface area contributed by atoms with E-state index in [-0.39, 0.29) is 11.8 Å². The first kappa shape index (κ1) is 23.4. The maximum Gasteiger partial charge on any atom is 0.251 e. The van der Waals surface area contributed by atoms with Gasteiger partial charge >= 0.3 is 0 Å². The third-order valence-electron chi connectivity index (χ3n) is 6.12. The van der Waals surface area contributed by atoms with Gasteiger partial charge in [-0.3, -0.25) is 4.79 Å². The first-order valence-electron chi connectivity index (χ1n) is 11.6. The predicted molar refractivity (Wildman–Crippen MR) is 146 cm³/mol. The Kier molecular flexibility index (Phi) is 6.76. The molecule has 5 rings (SSSR count). The number of nitrogens with zero attached hydrogens (tertiary/aromatic N) is 1. The molecular weight excluding hydrogens is 472 g/mol. The van der Waals surface area contributed by atoms with Crippen LogP contribution in [0.25, 0.3) is 0 Å². The molecule has 1 aliphatic heterocycles.